The molecule has 1 N–H and O–H groups in total. The lowest BCUT2D eigenvalue weighted by atomic mass is 10.1. The van der Waals surface area contributed by atoms with E-state index in [-0.39, 0.29) is 18.1 Å². The first-order valence-electron chi connectivity index (χ1n) is 8.73. The monoisotopic (exact) mass is 339 g/mol. The number of hydrogen-bond acceptors (Lipinski definition) is 4. The number of pyridine rings is 1. The lowest BCUT2D eigenvalue weighted by molar-refractivity contribution is -0.0449. The molecule has 132 valence electrons. The van der Waals surface area contributed by atoms with E-state index in [4.69, 9.17) is 4.74 Å². The average Bonchev–Trinajstić information content (AvgIpc) is 2.63. The van der Waals surface area contributed by atoms with Gasteiger partial charge in [-0.15, -0.1) is 0 Å². The molecule has 2 atom stereocenters. The summed E-state index contributed by atoms with van der Waals surface area (Å²) in [6.45, 7) is 7.21. The van der Waals surface area contributed by atoms with Crippen molar-refractivity contribution >= 4 is 5.91 Å². The van der Waals surface area contributed by atoms with E-state index in [1.165, 1.54) is 5.56 Å². The summed E-state index contributed by atoms with van der Waals surface area (Å²) >= 11 is 0. The lowest BCUT2D eigenvalue weighted by Crippen LogP contribution is -2.52. The molecule has 2 heterocycles. The van der Waals surface area contributed by atoms with Crippen molar-refractivity contribution in [2.75, 3.05) is 19.7 Å². The van der Waals surface area contributed by atoms with Crippen LogP contribution in [-0.4, -0.2) is 47.6 Å². The quantitative estimate of drug-likeness (QED) is 0.909. The summed E-state index contributed by atoms with van der Waals surface area (Å²) in [5, 5.41) is 3.04. The number of morpholine rings is 1. The average molecular weight is 339 g/mol. The van der Waals surface area contributed by atoms with Crippen LogP contribution in [0.1, 0.15) is 28.5 Å². The number of ether oxygens (including phenoxy) is 1. The molecule has 1 aromatic carbocycles. The molecular formula is C20H25N3O2. The van der Waals surface area contributed by atoms with Crippen LogP contribution in [0, 0.1) is 6.92 Å². The van der Waals surface area contributed by atoms with Crippen LogP contribution in [0.3, 0.4) is 0 Å². The van der Waals surface area contributed by atoms with Gasteiger partial charge in [0.1, 0.15) is 0 Å². The second kappa shape index (κ2) is 8.23. The number of benzene rings is 1. The van der Waals surface area contributed by atoms with Crippen LogP contribution >= 0.6 is 0 Å². The number of hydrogen-bond donors (Lipinski definition) is 1. The maximum Gasteiger partial charge on any atom is 0.253 e. The second-order valence-electron chi connectivity index (χ2n) is 6.58. The Bertz CT molecular complexity index is 688. The van der Waals surface area contributed by atoms with E-state index in [0.29, 0.717) is 12.2 Å². The van der Waals surface area contributed by atoms with E-state index >= 15 is 0 Å². The normalized spacial score (nSPS) is 19.4. The van der Waals surface area contributed by atoms with E-state index in [0.717, 1.165) is 25.3 Å². The summed E-state index contributed by atoms with van der Waals surface area (Å²) in [4.78, 5) is 18.9. The lowest BCUT2D eigenvalue weighted by Gasteiger charge is -2.36. The van der Waals surface area contributed by atoms with Gasteiger partial charge in [0.25, 0.3) is 5.91 Å². The zero-order valence-corrected chi connectivity index (χ0v) is 14.8. The van der Waals surface area contributed by atoms with Crippen molar-refractivity contribution in [3.63, 3.8) is 0 Å². The molecule has 0 unspecified atom stereocenters. The van der Waals surface area contributed by atoms with Gasteiger partial charge in [-0.25, -0.2) is 0 Å². The summed E-state index contributed by atoms with van der Waals surface area (Å²) < 4.78 is 5.89. The van der Waals surface area contributed by atoms with Crippen molar-refractivity contribution in [2.45, 2.75) is 32.5 Å². The van der Waals surface area contributed by atoms with Gasteiger partial charge in [-0.05, 0) is 31.5 Å². The van der Waals surface area contributed by atoms with Crippen LogP contribution in [0.25, 0.3) is 0 Å². The zero-order valence-electron chi connectivity index (χ0n) is 14.8. The maximum atomic E-state index is 12.4. The first-order chi connectivity index (χ1) is 12.1. The number of aromatic nitrogens is 1. The number of nitrogens with one attached hydrogen (secondary N) is 1. The SMILES string of the molecule is Cc1ccc(C(=O)N[C@@H](C)[C@@H]2CN(Cc3ccccc3)CCO2)cn1. The molecule has 1 aliphatic rings. The minimum absolute atomic E-state index is 0.0141. The van der Waals surface area contributed by atoms with E-state index in [1.54, 1.807) is 12.3 Å². The fourth-order valence-electron chi connectivity index (χ4n) is 3.00. The third-order valence-electron chi connectivity index (χ3n) is 4.52. The predicted molar refractivity (Wildman–Crippen MR) is 97.4 cm³/mol. The number of nitrogens with zero attached hydrogens (tertiary/aromatic N) is 2. The van der Waals surface area contributed by atoms with Gasteiger partial charge in [-0.1, -0.05) is 30.3 Å². The largest absolute Gasteiger partial charge is 0.373 e. The van der Waals surface area contributed by atoms with Gasteiger partial charge in [-0.2, -0.15) is 0 Å². The summed E-state index contributed by atoms with van der Waals surface area (Å²) in [5.74, 6) is -0.108. The molecule has 0 saturated carbocycles. The van der Waals surface area contributed by atoms with Crippen molar-refractivity contribution in [3.05, 3.63) is 65.5 Å². The Labute approximate surface area is 149 Å². The Morgan fingerprint density at radius 2 is 2.12 bits per heavy atom. The molecule has 25 heavy (non-hydrogen) atoms. The predicted octanol–water partition coefficient (Wildman–Crippen LogP) is 2.41. The molecule has 2 aromatic rings. The summed E-state index contributed by atoms with van der Waals surface area (Å²) in [6.07, 6.45) is 1.60. The van der Waals surface area contributed by atoms with Crippen molar-refractivity contribution in [3.8, 4) is 0 Å². The molecule has 0 aliphatic carbocycles. The number of rotatable bonds is 5. The molecule has 0 bridgehead atoms. The number of amides is 1. The van der Waals surface area contributed by atoms with Crippen molar-refractivity contribution in [2.24, 2.45) is 0 Å². The van der Waals surface area contributed by atoms with Crippen LogP contribution in [0.15, 0.2) is 48.7 Å². The highest BCUT2D eigenvalue weighted by Gasteiger charge is 2.26. The minimum Gasteiger partial charge on any atom is -0.373 e. The molecule has 1 saturated heterocycles. The summed E-state index contributed by atoms with van der Waals surface area (Å²) in [7, 11) is 0. The highest BCUT2D eigenvalue weighted by atomic mass is 16.5. The molecule has 1 fully saturated rings. The van der Waals surface area contributed by atoms with Gasteiger partial charge in [0.05, 0.1) is 24.3 Å². The summed E-state index contributed by atoms with van der Waals surface area (Å²) in [6, 6.07) is 14.0. The van der Waals surface area contributed by atoms with Gasteiger partial charge in [-0.3, -0.25) is 14.7 Å². The van der Waals surface area contributed by atoms with Crippen LogP contribution in [0.2, 0.25) is 0 Å². The van der Waals surface area contributed by atoms with Crippen LogP contribution in [0.5, 0.6) is 0 Å². The van der Waals surface area contributed by atoms with Crippen molar-refractivity contribution in [1.82, 2.24) is 15.2 Å². The second-order valence-corrected chi connectivity index (χ2v) is 6.58. The van der Waals surface area contributed by atoms with Crippen molar-refractivity contribution < 1.29 is 9.53 Å². The van der Waals surface area contributed by atoms with E-state index < -0.39 is 0 Å². The topological polar surface area (TPSA) is 54.5 Å². The van der Waals surface area contributed by atoms with Gasteiger partial charge >= 0.3 is 0 Å². The zero-order chi connectivity index (χ0) is 17.6. The molecule has 0 spiro atoms. The van der Waals surface area contributed by atoms with Gasteiger partial charge < -0.3 is 10.1 Å². The molecule has 1 amide bonds. The Balaban J connectivity index is 1.55. The smallest absolute Gasteiger partial charge is 0.253 e. The Morgan fingerprint density at radius 3 is 2.84 bits per heavy atom. The Hall–Kier alpha value is -2.24. The molecule has 1 aliphatic heterocycles. The van der Waals surface area contributed by atoms with Crippen LogP contribution in [-0.2, 0) is 11.3 Å². The third-order valence-corrected chi connectivity index (χ3v) is 4.52. The highest BCUT2D eigenvalue weighted by Crippen LogP contribution is 2.13. The molecule has 5 nitrogen and oxygen atoms in total. The first-order valence-corrected chi connectivity index (χ1v) is 8.73. The third kappa shape index (κ3) is 4.87. The number of aryl methyl sites for hydroxylation is 1. The van der Waals surface area contributed by atoms with E-state index in [1.807, 2.05) is 26.0 Å². The van der Waals surface area contributed by atoms with Gasteiger partial charge in [0.15, 0.2) is 0 Å². The number of carbonyl (C=O) groups is 1. The van der Waals surface area contributed by atoms with E-state index in [2.05, 4.69) is 39.5 Å². The summed E-state index contributed by atoms with van der Waals surface area (Å²) in [5.41, 5.74) is 2.77. The van der Waals surface area contributed by atoms with Gasteiger partial charge in [0.2, 0.25) is 0 Å². The first kappa shape index (κ1) is 17.6. The fourth-order valence-corrected chi connectivity index (χ4v) is 3.00. The molecule has 1 aromatic heterocycles. The maximum absolute atomic E-state index is 12.4. The van der Waals surface area contributed by atoms with Crippen LogP contribution < -0.4 is 5.32 Å². The fraction of sp³-hybridized carbons (Fsp3) is 0.400. The van der Waals surface area contributed by atoms with Crippen LogP contribution in [0.4, 0.5) is 0 Å². The Morgan fingerprint density at radius 1 is 1.32 bits per heavy atom. The Kier molecular flexibility index (Phi) is 5.79. The highest BCUT2D eigenvalue weighted by molar-refractivity contribution is 5.94. The minimum atomic E-state index is -0.108. The van der Waals surface area contributed by atoms with E-state index in [9.17, 15) is 4.79 Å². The number of carbonyl (C=O) groups excluding carboxylic acids is 1. The standard InChI is InChI=1S/C20H25N3O2/c1-15-8-9-18(12-21-15)20(24)22-16(2)19-14-23(10-11-25-19)13-17-6-4-3-5-7-17/h3-9,12,16,19H,10-11,13-14H2,1-2H3,(H,22,24)/t16-,19-/m0/s1. The molecule has 0 radical (unpaired) electrons. The van der Waals surface area contributed by atoms with Gasteiger partial charge in [0, 0.05) is 31.5 Å². The molecular weight excluding hydrogens is 314 g/mol. The molecule has 5 heteroatoms. The van der Waals surface area contributed by atoms with Crippen molar-refractivity contribution in [1.29, 1.82) is 0 Å². The molecule has 3 rings (SSSR count).